The van der Waals surface area contributed by atoms with Crippen molar-refractivity contribution in [3.05, 3.63) is 60.7 Å². The molecule has 0 bridgehead atoms. The van der Waals surface area contributed by atoms with Gasteiger partial charge in [-0.2, -0.15) is 0 Å². The van der Waals surface area contributed by atoms with Crippen molar-refractivity contribution in [2.24, 2.45) is 0 Å². The third kappa shape index (κ3) is 2.57. The van der Waals surface area contributed by atoms with Gasteiger partial charge in [-0.25, -0.2) is 8.42 Å². The van der Waals surface area contributed by atoms with E-state index in [-0.39, 0.29) is 36.0 Å². The number of benzene rings is 2. The summed E-state index contributed by atoms with van der Waals surface area (Å²) < 4.78 is 24.6. The van der Waals surface area contributed by atoms with E-state index in [0.29, 0.717) is 0 Å². The van der Waals surface area contributed by atoms with Crippen LogP contribution < -0.4 is 9.80 Å². The maximum atomic E-state index is 12.8. The minimum absolute atomic E-state index is 0.0155. The van der Waals surface area contributed by atoms with Crippen molar-refractivity contribution in [3.63, 3.8) is 0 Å². The SMILES string of the molecule is O=C1CN(c2ccccc2)[C@@H]2CS(=O)(=O)C[C@@H]2N1c1ccccc1. The number of rotatable bonds is 2. The molecule has 0 N–H and O–H groups in total. The minimum Gasteiger partial charge on any atom is -0.356 e. The molecule has 0 unspecified atom stereocenters. The summed E-state index contributed by atoms with van der Waals surface area (Å²) in [5, 5.41) is 0. The van der Waals surface area contributed by atoms with Gasteiger partial charge in [0.1, 0.15) is 0 Å². The first-order valence-electron chi connectivity index (χ1n) is 7.94. The molecule has 1 amide bonds. The molecule has 124 valence electrons. The quantitative estimate of drug-likeness (QED) is 0.834. The molecule has 2 aromatic carbocycles. The Balaban J connectivity index is 1.77. The smallest absolute Gasteiger partial charge is 0.246 e. The van der Waals surface area contributed by atoms with Gasteiger partial charge in [-0.05, 0) is 24.3 Å². The highest BCUT2D eigenvalue weighted by Crippen LogP contribution is 2.34. The number of hydrogen-bond donors (Lipinski definition) is 0. The number of hydrogen-bond acceptors (Lipinski definition) is 4. The highest BCUT2D eigenvalue weighted by Gasteiger charge is 2.49. The zero-order chi connectivity index (χ0) is 16.7. The van der Waals surface area contributed by atoms with Crippen molar-refractivity contribution in [2.75, 3.05) is 27.9 Å². The fraction of sp³-hybridized carbons (Fsp3) is 0.278. The Hall–Kier alpha value is -2.34. The van der Waals surface area contributed by atoms with Gasteiger partial charge in [0.05, 0.1) is 30.1 Å². The molecule has 2 fully saturated rings. The monoisotopic (exact) mass is 342 g/mol. The molecule has 5 nitrogen and oxygen atoms in total. The van der Waals surface area contributed by atoms with E-state index in [0.717, 1.165) is 11.4 Å². The average Bonchev–Trinajstić information content (AvgIpc) is 2.90. The molecule has 0 spiro atoms. The second-order valence-electron chi connectivity index (χ2n) is 6.27. The van der Waals surface area contributed by atoms with Crippen molar-refractivity contribution in [1.29, 1.82) is 0 Å². The Bertz CT molecular complexity index is 852. The number of nitrogens with zero attached hydrogens (tertiary/aromatic N) is 2. The normalized spacial score (nSPS) is 25.6. The fourth-order valence-corrected chi connectivity index (χ4v) is 5.66. The van der Waals surface area contributed by atoms with Crippen LogP contribution in [0.4, 0.5) is 11.4 Å². The van der Waals surface area contributed by atoms with Gasteiger partial charge in [-0.3, -0.25) is 4.79 Å². The van der Waals surface area contributed by atoms with Crippen LogP contribution in [0.5, 0.6) is 0 Å². The Morgan fingerprint density at radius 1 is 0.792 bits per heavy atom. The van der Waals surface area contributed by atoms with Gasteiger partial charge in [0.25, 0.3) is 0 Å². The van der Waals surface area contributed by atoms with E-state index in [1.807, 2.05) is 65.6 Å². The van der Waals surface area contributed by atoms with Crippen LogP contribution in [0, 0.1) is 0 Å². The summed E-state index contributed by atoms with van der Waals surface area (Å²) in [6.45, 7) is 0.190. The fourth-order valence-electron chi connectivity index (χ4n) is 3.71. The molecule has 2 aliphatic rings. The van der Waals surface area contributed by atoms with Gasteiger partial charge in [0.2, 0.25) is 5.91 Å². The predicted molar refractivity (Wildman–Crippen MR) is 93.9 cm³/mol. The Morgan fingerprint density at radius 2 is 1.33 bits per heavy atom. The molecule has 2 atom stereocenters. The Labute approximate surface area is 141 Å². The lowest BCUT2D eigenvalue weighted by molar-refractivity contribution is -0.118. The number of amides is 1. The highest BCUT2D eigenvalue weighted by atomic mass is 32.2. The van der Waals surface area contributed by atoms with Gasteiger partial charge in [0, 0.05) is 11.4 Å². The van der Waals surface area contributed by atoms with E-state index in [1.165, 1.54) is 0 Å². The van der Waals surface area contributed by atoms with Crippen LogP contribution in [-0.4, -0.2) is 44.5 Å². The van der Waals surface area contributed by atoms with E-state index < -0.39 is 9.84 Å². The first-order valence-corrected chi connectivity index (χ1v) is 9.76. The zero-order valence-electron chi connectivity index (χ0n) is 13.1. The summed E-state index contributed by atoms with van der Waals surface area (Å²) in [5.74, 6) is 0.0357. The molecule has 0 aliphatic carbocycles. The molecule has 2 heterocycles. The highest BCUT2D eigenvalue weighted by molar-refractivity contribution is 7.91. The molecule has 0 radical (unpaired) electrons. The van der Waals surface area contributed by atoms with Crippen LogP contribution in [0.1, 0.15) is 0 Å². The number of anilines is 2. The van der Waals surface area contributed by atoms with E-state index >= 15 is 0 Å². The van der Waals surface area contributed by atoms with Gasteiger partial charge < -0.3 is 9.80 Å². The molecule has 6 heteroatoms. The van der Waals surface area contributed by atoms with E-state index in [9.17, 15) is 13.2 Å². The van der Waals surface area contributed by atoms with E-state index in [4.69, 9.17) is 0 Å². The van der Waals surface area contributed by atoms with Gasteiger partial charge in [0.15, 0.2) is 9.84 Å². The summed E-state index contributed by atoms with van der Waals surface area (Å²) in [5.41, 5.74) is 1.66. The summed E-state index contributed by atoms with van der Waals surface area (Å²) in [6, 6.07) is 18.3. The molecular weight excluding hydrogens is 324 g/mol. The van der Waals surface area contributed by atoms with Crippen molar-refractivity contribution in [3.8, 4) is 0 Å². The predicted octanol–water partition coefficient (Wildman–Crippen LogP) is 1.71. The number of fused-ring (bicyclic) bond motifs is 1. The second-order valence-corrected chi connectivity index (χ2v) is 8.43. The average molecular weight is 342 g/mol. The number of sulfone groups is 1. The molecule has 24 heavy (non-hydrogen) atoms. The van der Waals surface area contributed by atoms with Crippen molar-refractivity contribution in [2.45, 2.75) is 12.1 Å². The molecule has 2 aliphatic heterocycles. The minimum atomic E-state index is -3.17. The van der Waals surface area contributed by atoms with Crippen molar-refractivity contribution >= 4 is 27.1 Å². The maximum absolute atomic E-state index is 12.8. The van der Waals surface area contributed by atoms with Gasteiger partial charge in [-0.15, -0.1) is 0 Å². The standard InChI is InChI=1S/C18H18N2O3S/c21-18-11-19(14-7-3-1-4-8-14)16-12-24(22,23)13-17(16)20(18)15-9-5-2-6-10-15/h1-10,16-17H,11-13H2/t16-,17+/m1/s1. The summed E-state index contributed by atoms with van der Waals surface area (Å²) in [7, 11) is -3.17. The number of carbonyl (C=O) groups excluding carboxylic acids is 1. The van der Waals surface area contributed by atoms with Crippen molar-refractivity contribution < 1.29 is 13.2 Å². The molecule has 0 aromatic heterocycles. The summed E-state index contributed by atoms with van der Waals surface area (Å²) in [4.78, 5) is 16.4. The molecule has 2 saturated heterocycles. The first-order chi connectivity index (χ1) is 11.6. The van der Waals surface area contributed by atoms with Crippen LogP contribution in [0.2, 0.25) is 0 Å². The zero-order valence-corrected chi connectivity index (χ0v) is 13.9. The molecule has 2 aromatic rings. The topological polar surface area (TPSA) is 57.7 Å². The third-order valence-corrected chi connectivity index (χ3v) is 6.42. The van der Waals surface area contributed by atoms with Gasteiger partial charge >= 0.3 is 0 Å². The third-order valence-electron chi connectivity index (χ3n) is 4.72. The first kappa shape index (κ1) is 15.2. The lowest BCUT2D eigenvalue weighted by Crippen LogP contribution is -2.62. The molecular formula is C18H18N2O3S. The molecule has 0 saturated carbocycles. The summed E-state index contributed by atoms with van der Waals surface area (Å²) >= 11 is 0. The van der Waals surface area contributed by atoms with Crippen molar-refractivity contribution in [1.82, 2.24) is 0 Å². The summed E-state index contributed by atoms with van der Waals surface area (Å²) in [6.07, 6.45) is 0. The van der Waals surface area contributed by atoms with Crippen LogP contribution in [-0.2, 0) is 14.6 Å². The Morgan fingerprint density at radius 3 is 1.96 bits per heavy atom. The maximum Gasteiger partial charge on any atom is 0.246 e. The van der Waals surface area contributed by atoms with Crippen LogP contribution >= 0.6 is 0 Å². The van der Waals surface area contributed by atoms with Crippen LogP contribution in [0.25, 0.3) is 0 Å². The number of para-hydroxylation sites is 2. The van der Waals surface area contributed by atoms with Crippen LogP contribution in [0.3, 0.4) is 0 Å². The van der Waals surface area contributed by atoms with Crippen LogP contribution in [0.15, 0.2) is 60.7 Å². The number of piperazine rings is 1. The lowest BCUT2D eigenvalue weighted by Gasteiger charge is -2.44. The number of carbonyl (C=O) groups is 1. The van der Waals surface area contributed by atoms with E-state index in [1.54, 1.807) is 4.90 Å². The van der Waals surface area contributed by atoms with E-state index in [2.05, 4.69) is 0 Å². The second kappa shape index (κ2) is 5.63. The largest absolute Gasteiger partial charge is 0.356 e. The Kier molecular flexibility index (Phi) is 3.57. The lowest BCUT2D eigenvalue weighted by atomic mass is 10.0. The van der Waals surface area contributed by atoms with Gasteiger partial charge in [-0.1, -0.05) is 36.4 Å². The molecule has 4 rings (SSSR count).